The Morgan fingerprint density at radius 3 is 2.53 bits per heavy atom. The van der Waals surface area contributed by atoms with Gasteiger partial charge in [-0.15, -0.1) is 12.4 Å². The maximum atomic E-state index is 11.6. The van der Waals surface area contributed by atoms with Crippen molar-refractivity contribution in [2.24, 2.45) is 5.92 Å². The first kappa shape index (κ1) is 12.6. The number of nitrogens with zero attached hydrogens (tertiary/aromatic N) is 1. The van der Waals surface area contributed by atoms with Gasteiger partial charge in [0.05, 0.1) is 0 Å². The monoisotopic (exact) mass is 233 g/mol. The Balaban J connectivity index is 0.00000112. The van der Waals surface area contributed by atoms with E-state index < -0.39 is 0 Å². The summed E-state index contributed by atoms with van der Waals surface area (Å²) in [7, 11) is 0. The Bertz CT molecular complexity index is 203. The number of carbonyl (C=O) groups excluding carboxylic acids is 1. The first-order valence-electron chi connectivity index (χ1n) is 5.60. The number of carbonyl (C=O) groups is 1. The topological polar surface area (TPSA) is 44.4 Å². The molecule has 15 heavy (non-hydrogen) atoms. The number of hydrogen-bond donors (Lipinski definition) is 2. The molecule has 0 aromatic carbocycles. The van der Waals surface area contributed by atoms with Gasteiger partial charge in [-0.3, -0.25) is 0 Å². The molecule has 1 aliphatic carbocycles. The van der Waals surface area contributed by atoms with E-state index in [-0.39, 0.29) is 18.4 Å². The minimum atomic E-state index is 0. The molecule has 2 fully saturated rings. The van der Waals surface area contributed by atoms with Crippen LogP contribution in [0.3, 0.4) is 0 Å². The molecule has 1 heterocycles. The van der Waals surface area contributed by atoms with E-state index in [9.17, 15) is 4.79 Å². The second-order valence-electron chi connectivity index (χ2n) is 4.22. The number of hydrogen-bond acceptors (Lipinski definition) is 2. The van der Waals surface area contributed by atoms with E-state index >= 15 is 0 Å². The third-order valence-electron chi connectivity index (χ3n) is 3.17. The minimum Gasteiger partial charge on any atom is -0.338 e. The molecule has 2 aliphatic rings. The molecule has 88 valence electrons. The summed E-state index contributed by atoms with van der Waals surface area (Å²) in [5, 5.41) is 6.25. The average molecular weight is 234 g/mol. The second kappa shape index (κ2) is 6.18. The summed E-state index contributed by atoms with van der Waals surface area (Å²) in [6, 6.07) is 0.124. The Labute approximate surface area is 97.2 Å². The van der Waals surface area contributed by atoms with Gasteiger partial charge >= 0.3 is 6.03 Å². The van der Waals surface area contributed by atoms with Crippen molar-refractivity contribution >= 4 is 18.4 Å². The molecule has 0 aromatic rings. The maximum Gasteiger partial charge on any atom is 0.317 e. The van der Waals surface area contributed by atoms with Gasteiger partial charge in [0.15, 0.2) is 0 Å². The SMILES string of the molecule is Cl.O=C(NCC1CCC1)N1CCNCC1. The fraction of sp³-hybridized carbons (Fsp3) is 0.900. The van der Waals surface area contributed by atoms with Gasteiger partial charge in [-0.05, 0) is 18.8 Å². The first-order valence-corrected chi connectivity index (χ1v) is 5.60. The maximum absolute atomic E-state index is 11.6. The number of halogens is 1. The molecule has 0 aromatic heterocycles. The molecule has 2 amide bonds. The molecule has 0 spiro atoms. The second-order valence-corrected chi connectivity index (χ2v) is 4.22. The number of piperazine rings is 1. The molecule has 5 heteroatoms. The number of urea groups is 1. The summed E-state index contributed by atoms with van der Waals surface area (Å²) >= 11 is 0. The molecule has 1 aliphatic heterocycles. The van der Waals surface area contributed by atoms with Crippen LogP contribution in [0.25, 0.3) is 0 Å². The lowest BCUT2D eigenvalue weighted by Gasteiger charge is -2.30. The van der Waals surface area contributed by atoms with Gasteiger partial charge in [-0.2, -0.15) is 0 Å². The summed E-state index contributed by atoms with van der Waals surface area (Å²) in [4.78, 5) is 13.5. The van der Waals surface area contributed by atoms with E-state index in [1.807, 2.05) is 4.90 Å². The molecule has 2 rings (SSSR count). The zero-order valence-electron chi connectivity index (χ0n) is 9.00. The van der Waals surface area contributed by atoms with E-state index in [2.05, 4.69) is 10.6 Å². The molecule has 2 N–H and O–H groups in total. The van der Waals surface area contributed by atoms with Crippen LogP contribution in [0.2, 0.25) is 0 Å². The van der Waals surface area contributed by atoms with Gasteiger partial charge in [0.1, 0.15) is 0 Å². The van der Waals surface area contributed by atoms with Crippen LogP contribution in [0.5, 0.6) is 0 Å². The van der Waals surface area contributed by atoms with Crippen LogP contribution in [0.4, 0.5) is 4.79 Å². The highest BCUT2D eigenvalue weighted by molar-refractivity contribution is 5.85. The van der Waals surface area contributed by atoms with Crippen molar-refractivity contribution in [1.82, 2.24) is 15.5 Å². The zero-order chi connectivity index (χ0) is 9.80. The zero-order valence-corrected chi connectivity index (χ0v) is 9.81. The quantitative estimate of drug-likeness (QED) is 0.742. The van der Waals surface area contributed by atoms with Crippen LogP contribution in [0, 0.1) is 5.92 Å². The van der Waals surface area contributed by atoms with E-state index in [1.165, 1.54) is 19.3 Å². The van der Waals surface area contributed by atoms with Crippen molar-refractivity contribution in [1.29, 1.82) is 0 Å². The van der Waals surface area contributed by atoms with Crippen LogP contribution in [-0.4, -0.2) is 43.7 Å². The standard InChI is InChI=1S/C10H19N3O.ClH/c14-10(12-8-9-2-1-3-9)13-6-4-11-5-7-13;/h9,11H,1-8H2,(H,12,14);1H. The van der Waals surface area contributed by atoms with Gasteiger partial charge in [-0.1, -0.05) is 6.42 Å². The van der Waals surface area contributed by atoms with Crippen LogP contribution in [-0.2, 0) is 0 Å². The van der Waals surface area contributed by atoms with Crippen molar-refractivity contribution < 1.29 is 4.79 Å². The Hall–Kier alpha value is -0.480. The van der Waals surface area contributed by atoms with Gasteiger partial charge in [0.2, 0.25) is 0 Å². The summed E-state index contributed by atoms with van der Waals surface area (Å²) < 4.78 is 0. The van der Waals surface area contributed by atoms with E-state index in [0.717, 1.165) is 38.6 Å². The average Bonchev–Trinajstić information content (AvgIpc) is 2.16. The summed E-state index contributed by atoms with van der Waals surface area (Å²) in [5.41, 5.74) is 0. The number of nitrogens with one attached hydrogen (secondary N) is 2. The number of amides is 2. The highest BCUT2D eigenvalue weighted by Gasteiger charge is 2.20. The predicted octanol–water partition coefficient (Wildman–Crippen LogP) is 0.823. The molecule has 0 radical (unpaired) electrons. The van der Waals surface area contributed by atoms with Crippen LogP contribution < -0.4 is 10.6 Å². The number of rotatable bonds is 2. The molecular formula is C10H20ClN3O. The molecule has 0 unspecified atom stereocenters. The van der Waals surface area contributed by atoms with Crippen LogP contribution in [0.15, 0.2) is 0 Å². The third-order valence-corrected chi connectivity index (χ3v) is 3.17. The minimum absolute atomic E-state index is 0. The lowest BCUT2D eigenvalue weighted by Crippen LogP contribution is -2.51. The van der Waals surface area contributed by atoms with E-state index in [4.69, 9.17) is 0 Å². The third kappa shape index (κ3) is 3.54. The predicted molar refractivity (Wildman–Crippen MR) is 62.4 cm³/mol. The molecule has 4 nitrogen and oxygen atoms in total. The van der Waals surface area contributed by atoms with Crippen molar-refractivity contribution in [2.45, 2.75) is 19.3 Å². The van der Waals surface area contributed by atoms with Crippen molar-refractivity contribution in [2.75, 3.05) is 32.7 Å². The lowest BCUT2D eigenvalue weighted by atomic mass is 9.85. The van der Waals surface area contributed by atoms with E-state index in [1.54, 1.807) is 0 Å². The Morgan fingerprint density at radius 2 is 2.00 bits per heavy atom. The summed E-state index contributed by atoms with van der Waals surface area (Å²) in [5.74, 6) is 0.752. The smallest absolute Gasteiger partial charge is 0.317 e. The van der Waals surface area contributed by atoms with Gasteiger partial charge in [0, 0.05) is 32.7 Å². The van der Waals surface area contributed by atoms with Gasteiger partial charge in [-0.25, -0.2) is 4.79 Å². The highest BCUT2D eigenvalue weighted by atomic mass is 35.5. The summed E-state index contributed by atoms with van der Waals surface area (Å²) in [6.45, 7) is 4.42. The lowest BCUT2D eigenvalue weighted by molar-refractivity contribution is 0.184. The van der Waals surface area contributed by atoms with Gasteiger partial charge < -0.3 is 15.5 Å². The fourth-order valence-corrected chi connectivity index (χ4v) is 1.91. The molecule has 0 bridgehead atoms. The Kier molecular flexibility index (Phi) is 5.19. The highest BCUT2D eigenvalue weighted by Crippen LogP contribution is 2.25. The molecule has 0 atom stereocenters. The fourth-order valence-electron chi connectivity index (χ4n) is 1.91. The summed E-state index contributed by atoms with van der Waals surface area (Å²) in [6.07, 6.45) is 3.93. The van der Waals surface area contributed by atoms with Crippen LogP contribution in [0.1, 0.15) is 19.3 Å². The van der Waals surface area contributed by atoms with Crippen LogP contribution >= 0.6 is 12.4 Å². The van der Waals surface area contributed by atoms with E-state index in [0.29, 0.717) is 0 Å². The Morgan fingerprint density at radius 1 is 1.33 bits per heavy atom. The molecule has 1 saturated heterocycles. The van der Waals surface area contributed by atoms with Gasteiger partial charge in [0.25, 0.3) is 0 Å². The first-order chi connectivity index (χ1) is 6.86. The van der Waals surface area contributed by atoms with Crippen molar-refractivity contribution in [3.63, 3.8) is 0 Å². The van der Waals surface area contributed by atoms with Crippen molar-refractivity contribution in [3.05, 3.63) is 0 Å². The molecule has 1 saturated carbocycles. The largest absolute Gasteiger partial charge is 0.338 e. The normalized spacial score (nSPS) is 21.5. The van der Waals surface area contributed by atoms with Crippen molar-refractivity contribution in [3.8, 4) is 0 Å². The molecular weight excluding hydrogens is 214 g/mol.